The number of rotatable bonds is 2. The van der Waals surface area contributed by atoms with E-state index in [2.05, 4.69) is 0 Å². The number of carbonyl (C=O) groups is 1. The normalized spacial score (nSPS) is 10.8. The molecule has 0 fully saturated rings. The Morgan fingerprint density at radius 2 is 2.13 bits per heavy atom. The lowest BCUT2D eigenvalue weighted by molar-refractivity contribution is -0.648. The van der Waals surface area contributed by atoms with Gasteiger partial charge in [0.05, 0.1) is 13.6 Å². The predicted molar refractivity (Wildman–Crippen MR) is 55.7 cm³/mol. The van der Waals surface area contributed by atoms with Crippen molar-refractivity contribution >= 4 is 17.0 Å². The molecule has 0 aliphatic heterocycles. The van der Waals surface area contributed by atoms with E-state index in [-0.39, 0.29) is 0 Å². The van der Waals surface area contributed by atoms with Gasteiger partial charge in [-0.2, -0.15) is 0 Å². The summed E-state index contributed by atoms with van der Waals surface area (Å²) in [5.41, 5.74) is 1.90. The van der Waals surface area contributed by atoms with Crippen LogP contribution in [-0.2, 0) is 13.6 Å². The Morgan fingerprint density at radius 3 is 2.73 bits per heavy atom. The Balaban J connectivity index is 2.90. The van der Waals surface area contributed by atoms with Crippen LogP contribution < -0.4 is 4.57 Å². The molecule has 0 aliphatic rings. The summed E-state index contributed by atoms with van der Waals surface area (Å²) in [5.74, 6) is -0.575. The van der Waals surface area contributed by atoms with Gasteiger partial charge in [-0.25, -0.2) is 13.9 Å². The third kappa shape index (κ3) is 1.29. The van der Waals surface area contributed by atoms with Crippen molar-refractivity contribution in [2.24, 2.45) is 7.05 Å². The van der Waals surface area contributed by atoms with Gasteiger partial charge in [-0.1, -0.05) is 12.1 Å². The number of hydrogen-bond donors (Lipinski definition) is 1. The molecule has 1 aromatic carbocycles. The number of carboxylic acids is 1. The Bertz CT molecular complexity index is 529. The Morgan fingerprint density at radius 1 is 1.47 bits per heavy atom. The smallest absolute Gasteiger partial charge is 0.419 e. The fourth-order valence-electron chi connectivity index (χ4n) is 1.96. The summed E-state index contributed by atoms with van der Waals surface area (Å²) in [6.07, 6.45) is 0. The average Bonchev–Trinajstić information content (AvgIpc) is 2.52. The van der Waals surface area contributed by atoms with Gasteiger partial charge in [0, 0.05) is 0 Å². The lowest BCUT2D eigenvalue weighted by atomic mass is 10.3. The molecule has 0 saturated heterocycles. The van der Waals surface area contributed by atoms with Gasteiger partial charge < -0.3 is 5.11 Å². The van der Waals surface area contributed by atoms with Crippen molar-refractivity contribution < 1.29 is 14.5 Å². The lowest BCUT2D eigenvalue weighted by Gasteiger charge is -1.93. The highest BCUT2D eigenvalue weighted by atomic mass is 16.4. The second-order valence-electron chi connectivity index (χ2n) is 3.42. The summed E-state index contributed by atoms with van der Waals surface area (Å²) in [5, 5.41) is 9.14. The molecule has 1 N–H and O–H groups in total. The molecule has 2 aromatic rings. The van der Waals surface area contributed by atoms with Gasteiger partial charge in [0.1, 0.15) is 0 Å². The number of fused-ring (bicyclic) bond motifs is 1. The standard InChI is InChI=1S/C11H12N2O2/c1-3-13-9-7-5-4-6-8(9)12(2)10(13)11(14)15/h4-7H,3H2,1-2H3/p+1. The van der Waals surface area contributed by atoms with Crippen molar-refractivity contribution in [1.82, 2.24) is 4.57 Å². The summed E-state index contributed by atoms with van der Waals surface area (Å²) in [6, 6.07) is 7.69. The number of carboxylic acid groups (broad SMARTS) is 1. The summed E-state index contributed by atoms with van der Waals surface area (Å²) < 4.78 is 3.51. The van der Waals surface area contributed by atoms with E-state index < -0.39 is 5.97 Å². The molecule has 0 saturated carbocycles. The molecule has 1 aromatic heterocycles. The molecule has 1 heterocycles. The van der Waals surface area contributed by atoms with E-state index in [4.69, 9.17) is 5.11 Å². The Labute approximate surface area is 87.4 Å². The maximum Gasteiger partial charge on any atom is 0.419 e. The van der Waals surface area contributed by atoms with Crippen molar-refractivity contribution in [3.63, 3.8) is 0 Å². The third-order valence-corrected chi connectivity index (χ3v) is 2.61. The molecule has 0 radical (unpaired) electrons. The van der Waals surface area contributed by atoms with Crippen molar-refractivity contribution in [2.45, 2.75) is 13.5 Å². The number of imidazole rings is 1. The van der Waals surface area contributed by atoms with Crippen LogP contribution in [-0.4, -0.2) is 15.6 Å². The first kappa shape index (κ1) is 9.71. The minimum Gasteiger partial charge on any atom is -0.472 e. The van der Waals surface area contributed by atoms with E-state index in [0.717, 1.165) is 11.0 Å². The number of aromatic nitrogens is 2. The zero-order chi connectivity index (χ0) is 11.0. The fourth-order valence-corrected chi connectivity index (χ4v) is 1.96. The van der Waals surface area contributed by atoms with Crippen molar-refractivity contribution in [1.29, 1.82) is 0 Å². The number of para-hydroxylation sites is 2. The number of benzene rings is 1. The maximum atomic E-state index is 11.1. The fraction of sp³-hybridized carbons (Fsp3) is 0.273. The van der Waals surface area contributed by atoms with Gasteiger partial charge in [0.25, 0.3) is 0 Å². The van der Waals surface area contributed by atoms with Crippen molar-refractivity contribution in [2.75, 3.05) is 0 Å². The van der Waals surface area contributed by atoms with Gasteiger partial charge in [0.2, 0.25) is 0 Å². The van der Waals surface area contributed by atoms with Crippen LogP contribution in [0.1, 0.15) is 17.5 Å². The van der Waals surface area contributed by atoms with Crippen LogP contribution in [0.5, 0.6) is 0 Å². The summed E-state index contributed by atoms with van der Waals surface area (Å²) >= 11 is 0. The molecular formula is C11H13N2O2+. The molecule has 0 bridgehead atoms. The highest BCUT2D eigenvalue weighted by Crippen LogP contribution is 2.13. The van der Waals surface area contributed by atoms with E-state index in [1.165, 1.54) is 0 Å². The second kappa shape index (κ2) is 3.38. The van der Waals surface area contributed by atoms with E-state index in [0.29, 0.717) is 12.4 Å². The van der Waals surface area contributed by atoms with Gasteiger partial charge >= 0.3 is 11.8 Å². The largest absolute Gasteiger partial charge is 0.472 e. The van der Waals surface area contributed by atoms with E-state index in [9.17, 15) is 4.79 Å². The molecule has 0 atom stereocenters. The Hall–Kier alpha value is -1.84. The zero-order valence-corrected chi connectivity index (χ0v) is 8.77. The van der Waals surface area contributed by atoms with E-state index in [1.807, 2.05) is 31.2 Å². The predicted octanol–water partition coefficient (Wildman–Crippen LogP) is 1.18. The van der Waals surface area contributed by atoms with Crippen LogP contribution in [0.15, 0.2) is 24.3 Å². The van der Waals surface area contributed by atoms with Crippen LogP contribution >= 0.6 is 0 Å². The number of nitrogens with zero attached hydrogens (tertiary/aromatic N) is 2. The Kier molecular flexibility index (Phi) is 2.19. The van der Waals surface area contributed by atoms with Crippen LogP contribution in [0.4, 0.5) is 0 Å². The van der Waals surface area contributed by atoms with Gasteiger partial charge in [-0.05, 0) is 19.1 Å². The average molecular weight is 205 g/mol. The molecule has 0 amide bonds. The van der Waals surface area contributed by atoms with E-state index in [1.54, 1.807) is 16.2 Å². The van der Waals surface area contributed by atoms with Gasteiger partial charge in [-0.3, -0.25) is 0 Å². The van der Waals surface area contributed by atoms with Crippen LogP contribution in [0, 0.1) is 0 Å². The quantitative estimate of drug-likeness (QED) is 0.748. The highest BCUT2D eigenvalue weighted by molar-refractivity contribution is 5.86. The molecule has 0 spiro atoms. The second-order valence-corrected chi connectivity index (χ2v) is 3.42. The topological polar surface area (TPSA) is 46.1 Å². The first-order valence-electron chi connectivity index (χ1n) is 4.87. The minimum absolute atomic E-state index is 0.318. The SMILES string of the molecule is CCn1c(C(=O)O)[n+](C)c2ccccc21. The molecule has 0 unspecified atom stereocenters. The number of hydrogen-bond acceptors (Lipinski definition) is 1. The molecule has 2 rings (SSSR count). The lowest BCUT2D eigenvalue weighted by Crippen LogP contribution is -2.35. The molecule has 15 heavy (non-hydrogen) atoms. The maximum absolute atomic E-state index is 11.1. The molecule has 4 heteroatoms. The monoisotopic (exact) mass is 205 g/mol. The van der Waals surface area contributed by atoms with Crippen molar-refractivity contribution in [3.8, 4) is 0 Å². The number of aryl methyl sites for hydroxylation is 2. The molecule has 4 nitrogen and oxygen atoms in total. The minimum atomic E-state index is -0.893. The first-order chi connectivity index (χ1) is 7.16. The van der Waals surface area contributed by atoms with Crippen molar-refractivity contribution in [3.05, 3.63) is 30.1 Å². The zero-order valence-electron chi connectivity index (χ0n) is 8.77. The molecular weight excluding hydrogens is 192 g/mol. The molecule has 78 valence electrons. The first-order valence-corrected chi connectivity index (χ1v) is 4.87. The third-order valence-electron chi connectivity index (χ3n) is 2.61. The van der Waals surface area contributed by atoms with Gasteiger partial charge in [0.15, 0.2) is 11.0 Å². The summed E-state index contributed by atoms with van der Waals surface area (Å²) in [7, 11) is 1.78. The summed E-state index contributed by atoms with van der Waals surface area (Å²) in [4.78, 5) is 11.1. The van der Waals surface area contributed by atoms with E-state index >= 15 is 0 Å². The molecule has 0 aliphatic carbocycles. The highest BCUT2D eigenvalue weighted by Gasteiger charge is 2.26. The summed E-state index contributed by atoms with van der Waals surface area (Å²) in [6.45, 7) is 2.60. The van der Waals surface area contributed by atoms with Crippen LogP contribution in [0.3, 0.4) is 0 Å². The van der Waals surface area contributed by atoms with Gasteiger partial charge in [-0.15, -0.1) is 0 Å². The van der Waals surface area contributed by atoms with Crippen LogP contribution in [0.2, 0.25) is 0 Å². The van der Waals surface area contributed by atoms with Crippen LogP contribution in [0.25, 0.3) is 11.0 Å². The number of aromatic carboxylic acids is 1.